The number of thiol groups is 1. The van der Waals surface area contributed by atoms with Gasteiger partial charge in [-0.25, -0.2) is 4.79 Å². The highest BCUT2D eigenvalue weighted by molar-refractivity contribution is 7.80. The maximum atomic E-state index is 13.8. The van der Waals surface area contributed by atoms with Gasteiger partial charge in [-0.1, -0.05) is 66.1 Å². The summed E-state index contributed by atoms with van der Waals surface area (Å²) in [5, 5.41) is 7.41. The van der Waals surface area contributed by atoms with Gasteiger partial charge in [0.25, 0.3) is 11.8 Å². The van der Waals surface area contributed by atoms with Crippen LogP contribution in [0.15, 0.2) is 60.7 Å². The monoisotopic (exact) mass is 531 g/mol. The lowest BCUT2D eigenvalue weighted by Gasteiger charge is -2.30. The third kappa shape index (κ3) is 7.30. The predicted octanol–water partition coefficient (Wildman–Crippen LogP) is 5.38. The first-order valence-electron chi connectivity index (χ1n) is 12.2. The van der Waals surface area contributed by atoms with Crippen molar-refractivity contribution in [3.05, 3.63) is 77.4 Å². The molecule has 2 unspecified atom stereocenters. The van der Waals surface area contributed by atoms with E-state index < -0.39 is 35.6 Å². The van der Waals surface area contributed by atoms with E-state index in [1.54, 1.807) is 26.8 Å². The van der Waals surface area contributed by atoms with Crippen LogP contribution in [-0.2, 0) is 14.3 Å². The summed E-state index contributed by atoms with van der Waals surface area (Å²) in [7, 11) is 0. The Bertz CT molecular complexity index is 1370. The summed E-state index contributed by atoms with van der Waals surface area (Å²) in [4.78, 5) is 40.8. The molecule has 0 aliphatic rings. The number of carbonyl (C=O) groups is 3. The summed E-state index contributed by atoms with van der Waals surface area (Å²) < 4.78 is 5.29. The van der Waals surface area contributed by atoms with E-state index in [0.717, 1.165) is 26.8 Å². The second-order valence-corrected chi connectivity index (χ2v) is 10.5. The molecular formula is C30H33N3O4S. The Morgan fingerprint density at radius 2 is 1.63 bits per heavy atom. The first kappa shape index (κ1) is 28.6. The number of nitrogens with one attached hydrogen (secondary N) is 2. The Balaban J connectivity index is 1.97. The van der Waals surface area contributed by atoms with Gasteiger partial charge in [0.05, 0.1) is 0 Å². The minimum Gasteiger partial charge on any atom is -0.444 e. The quantitative estimate of drug-likeness (QED) is 0.217. The smallest absolute Gasteiger partial charge is 0.408 e. The zero-order valence-electron chi connectivity index (χ0n) is 22.2. The van der Waals surface area contributed by atoms with E-state index in [2.05, 4.69) is 29.3 Å². The summed E-state index contributed by atoms with van der Waals surface area (Å²) in [6.07, 6.45) is 5.04. The fraction of sp³-hybridized carbons (Fsp3) is 0.300. The standard InChI is InChI=1S/C30H33N3O4S/c1-7-33(28(35)25(18-38)32-29(36)37-30(4,5)6)26(23-15-19(2)14-20(3)16-23)27(34)31-24-13-12-21-10-8-9-11-22(21)17-24/h1,8-17,25-26,38H,18H2,2-6H3,(H,31,34)(H,32,36). The maximum Gasteiger partial charge on any atom is 0.408 e. The summed E-state index contributed by atoms with van der Waals surface area (Å²) in [6.45, 7) is 8.94. The molecule has 2 atom stereocenters. The van der Waals surface area contributed by atoms with Crippen molar-refractivity contribution < 1.29 is 19.1 Å². The number of hydrogen-bond donors (Lipinski definition) is 3. The van der Waals surface area contributed by atoms with Crippen molar-refractivity contribution in [3.8, 4) is 12.5 Å². The summed E-state index contributed by atoms with van der Waals surface area (Å²) >= 11 is 4.24. The van der Waals surface area contributed by atoms with Crippen LogP contribution in [0.2, 0.25) is 0 Å². The molecule has 0 bridgehead atoms. The third-order valence-corrected chi connectivity index (χ3v) is 6.00. The lowest BCUT2D eigenvalue weighted by molar-refractivity contribution is -0.136. The number of nitrogens with zero attached hydrogens (tertiary/aromatic N) is 1. The van der Waals surface area contributed by atoms with Gasteiger partial charge in [0.1, 0.15) is 17.7 Å². The maximum absolute atomic E-state index is 13.8. The molecule has 198 valence electrons. The number of amides is 3. The van der Waals surface area contributed by atoms with Crippen LogP contribution in [-0.4, -0.2) is 40.2 Å². The molecular weight excluding hydrogens is 498 g/mol. The number of hydrogen-bond acceptors (Lipinski definition) is 5. The van der Waals surface area contributed by atoms with Crippen molar-refractivity contribution in [2.75, 3.05) is 11.1 Å². The Kier molecular flexibility index (Phi) is 9.08. The van der Waals surface area contributed by atoms with E-state index in [1.165, 1.54) is 0 Å². The molecule has 8 heteroatoms. The van der Waals surface area contributed by atoms with Crippen LogP contribution in [0.3, 0.4) is 0 Å². The van der Waals surface area contributed by atoms with Gasteiger partial charge in [0.15, 0.2) is 0 Å². The molecule has 0 aliphatic carbocycles. The Morgan fingerprint density at radius 1 is 1.00 bits per heavy atom. The van der Waals surface area contributed by atoms with Gasteiger partial charge in [0.2, 0.25) is 0 Å². The zero-order valence-corrected chi connectivity index (χ0v) is 23.1. The molecule has 0 spiro atoms. The second-order valence-electron chi connectivity index (χ2n) is 10.1. The van der Waals surface area contributed by atoms with Crippen molar-refractivity contribution >= 4 is 47.0 Å². The highest BCUT2D eigenvalue weighted by atomic mass is 32.1. The molecule has 0 aliphatic heterocycles. The fourth-order valence-corrected chi connectivity index (χ4v) is 4.38. The average Bonchev–Trinajstić information content (AvgIpc) is 2.83. The van der Waals surface area contributed by atoms with Crippen molar-refractivity contribution in [1.29, 1.82) is 0 Å². The van der Waals surface area contributed by atoms with E-state index in [9.17, 15) is 14.4 Å². The van der Waals surface area contributed by atoms with E-state index >= 15 is 0 Å². The van der Waals surface area contributed by atoms with Crippen molar-refractivity contribution in [2.45, 2.75) is 52.3 Å². The van der Waals surface area contributed by atoms with Crippen LogP contribution in [0.1, 0.15) is 43.5 Å². The molecule has 0 saturated carbocycles. The van der Waals surface area contributed by atoms with Gasteiger partial charge in [-0.15, -0.1) is 0 Å². The molecule has 3 aromatic rings. The molecule has 0 radical (unpaired) electrons. The SMILES string of the molecule is C#CN(C(=O)C(CS)NC(=O)OC(C)(C)C)C(C(=O)Nc1ccc2ccccc2c1)c1cc(C)cc(C)c1. The molecule has 0 fully saturated rings. The van der Waals surface area contributed by atoms with Crippen LogP contribution >= 0.6 is 12.6 Å². The van der Waals surface area contributed by atoms with Gasteiger partial charge < -0.3 is 15.4 Å². The van der Waals surface area contributed by atoms with Crippen molar-refractivity contribution in [3.63, 3.8) is 0 Å². The number of fused-ring (bicyclic) bond motifs is 1. The van der Waals surface area contributed by atoms with Crippen LogP contribution in [0.25, 0.3) is 10.8 Å². The molecule has 3 amide bonds. The average molecular weight is 532 g/mol. The number of alkyl carbamates (subject to hydrolysis) is 1. The minimum absolute atomic E-state index is 0.0535. The van der Waals surface area contributed by atoms with Crippen LogP contribution in [0.4, 0.5) is 10.5 Å². The largest absolute Gasteiger partial charge is 0.444 e. The summed E-state index contributed by atoms with van der Waals surface area (Å²) in [5.41, 5.74) is 2.16. The van der Waals surface area contributed by atoms with Crippen molar-refractivity contribution in [2.24, 2.45) is 0 Å². The molecule has 0 heterocycles. The molecule has 2 N–H and O–H groups in total. The first-order valence-corrected chi connectivity index (χ1v) is 12.8. The summed E-state index contributed by atoms with van der Waals surface area (Å²) in [5.74, 6) is -1.21. The molecule has 3 aromatic carbocycles. The Morgan fingerprint density at radius 3 is 2.21 bits per heavy atom. The second kappa shape index (κ2) is 12.1. The zero-order chi connectivity index (χ0) is 28.0. The first-order chi connectivity index (χ1) is 17.9. The number of rotatable bonds is 7. The van der Waals surface area contributed by atoms with Crippen LogP contribution < -0.4 is 10.6 Å². The summed E-state index contributed by atoms with van der Waals surface area (Å²) in [6, 6.07) is 19.0. The van der Waals surface area contributed by atoms with E-state index in [4.69, 9.17) is 11.2 Å². The van der Waals surface area contributed by atoms with E-state index in [1.807, 2.05) is 68.4 Å². The topological polar surface area (TPSA) is 87.7 Å². The van der Waals surface area contributed by atoms with Gasteiger partial charge in [-0.2, -0.15) is 12.6 Å². The van der Waals surface area contributed by atoms with Crippen molar-refractivity contribution in [1.82, 2.24) is 10.2 Å². The van der Waals surface area contributed by atoms with Gasteiger partial charge in [0, 0.05) is 17.5 Å². The Labute approximate surface area is 229 Å². The van der Waals surface area contributed by atoms with E-state index in [0.29, 0.717) is 11.3 Å². The number of benzene rings is 3. The lowest BCUT2D eigenvalue weighted by Crippen LogP contribution is -2.51. The van der Waals surface area contributed by atoms with Gasteiger partial charge in [-0.3, -0.25) is 14.5 Å². The highest BCUT2D eigenvalue weighted by Gasteiger charge is 2.35. The van der Waals surface area contributed by atoms with Crippen LogP contribution in [0, 0.1) is 26.3 Å². The normalized spacial score (nSPS) is 12.7. The molecule has 3 rings (SSSR count). The molecule has 38 heavy (non-hydrogen) atoms. The minimum atomic E-state index is -1.17. The molecule has 0 saturated heterocycles. The number of carbonyl (C=O) groups excluding carboxylic acids is 3. The number of anilines is 1. The number of aryl methyl sites for hydroxylation is 2. The Hall–Kier alpha value is -3.96. The molecule has 0 aromatic heterocycles. The molecule has 7 nitrogen and oxygen atoms in total. The van der Waals surface area contributed by atoms with E-state index in [-0.39, 0.29) is 5.75 Å². The van der Waals surface area contributed by atoms with Gasteiger partial charge >= 0.3 is 6.09 Å². The lowest BCUT2D eigenvalue weighted by atomic mass is 9.98. The highest BCUT2D eigenvalue weighted by Crippen LogP contribution is 2.27. The van der Waals surface area contributed by atoms with Gasteiger partial charge in [-0.05, 0) is 63.1 Å². The predicted molar refractivity (Wildman–Crippen MR) is 154 cm³/mol. The third-order valence-electron chi connectivity index (χ3n) is 5.63. The fourth-order valence-electron chi connectivity index (χ4n) is 4.13. The van der Waals surface area contributed by atoms with Crippen LogP contribution in [0.5, 0.6) is 0 Å². The number of ether oxygens (including phenoxy) is 1. The number of terminal acetylenes is 1.